The molecule has 0 saturated carbocycles. The van der Waals surface area contributed by atoms with E-state index >= 15 is 0 Å². The van der Waals surface area contributed by atoms with Crippen molar-refractivity contribution in [1.82, 2.24) is 5.32 Å². The van der Waals surface area contributed by atoms with E-state index in [0.29, 0.717) is 6.04 Å². The predicted molar refractivity (Wildman–Crippen MR) is 80.6 cm³/mol. The maximum atomic E-state index is 9.76. The molecule has 1 aromatic rings. The van der Waals surface area contributed by atoms with E-state index in [4.69, 9.17) is 4.74 Å². The van der Waals surface area contributed by atoms with Crippen molar-refractivity contribution in [2.45, 2.75) is 37.3 Å². The Morgan fingerprint density at radius 1 is 1.38 bits per heavy atom. The number of benzene rings is 1. The van der Waals surface area contributed by atoms with E-state index in [0.717, 1.165) is 30.7 Å². The third-order valence-corrected chi connectivity index (χ3v) is 5.79. The van der Waals surface area contributed by atoms with Crippen LogP contribution in [-0.2, 0) is 11.8 Å². The molecule has 3 nitrogen and oxygen atoms in total. The molecule has 1 fully saturated rings. The molecular weight excluding hydrogens is 262 g/mol. The molecule has 2 bridgehead atoms. The highest BCUT2D eigenvalue weighted by Gasteiger charge is 2.59. The van der Waals surface area contributed by atoms with Gasteiger partial charge in [0.1, 0.15) is 11.9 Å². The van der Waals surface area contributed by atoms with E-state index in [1.165, 1.54) is 22.3 Å². The summed E-state index contributed by atoms with van der Waals surface area (Å²) in [5.41, 5.74) is 6.50. The standard InChI is InChI=1S/C18H19NO2/c1-10-2-3-11-8-14-13-5-4-12(9-20)17-18(13,6-7-19-14)15(11)16(10)21-17/h2-5,14,17,19-20H,6-9H2,1H3/t14-,17?,18?/m0/s1. The van der Waals surface area contributed by atoms with Crippen molar-refractivity contribution in [2.24, 2.45) is 0 Å². The van der Waals surface area contributed by atoms with Crippen LogP contribution in [0.3, 0.4) is 0 Å². The Balaban J connectivity index is 1.87. The fourth-order valence-corrected chi connectivity index (χ4v) is 4.93. The summed E-state index contributed by atoms with van der Waals surface area (Å²) < 4.78 is 6.42. The summed E-state index contributed by atoms with van der Waals surface area (Å²) in [4.78, 5) is 0. The molecule has 0 aromatic heterocycles. The zero-order valence-corrected chi connectivity index (χ0v) is 12.1. The number of hydrogen-bond acceptors (Lipinski definition) is 3. The van der Waals surface area contributed by atoms with Crippen LogP contribution in [-0.4, -0.2) is 30.4 Å². The quantitative estimate of drug-likeness (QED) is 0.824. The summed E-state index contributed by atoms with van der Waals surface area (Å²) in [6, 6.07) is 4.87. The van der Waals surface area contributed by atoms with Crippen molar-refractivity contribution in [3.05, 3.63) is 52.1 Å². The minimum Gasteiger partial charge on any atom is -0.484 e. The van der Waals surface area contributed by atoms with E-state index in [-0.39, 0.29) is 18.1 Å². The first kappa shape index (κ1) is 12.0. The Kier molecular flexibility index (Phi) is 2.17. The van der Waals surface area contributed by atoms with Gasteiger partial charge in [0.25, 0.3) is 0 Å². The summed E-state index contributed by atoms with van der Waals surface area (Å²) in [6.45, 7) is 3.23. The Labute approximate surface area is 124 Å². The van der Waals surface area contributed by atoms with Crippen LogP contribution in [0.5, 0.6) is 5.75 Å². The lowest BCUT2D eigenvalue weighted by Gasteiger charge is -2.50. The summed E-state index contributed by atoms with van der Waals surface area (Å²) >= 11 is 0. The smallest absolute Gasteiger partial charge is 0.136 e. The molecule has 21 heavy (non-hydrogen) atoms. The van der Waals surface area contributed by atoms with Crippen molar-refractivity contribution in [1.29, 1.82) is 0 Å². The first-order valence-electron chi connectivity index (χ1n) is 7.80. The van der Waals surface area contributed by atoms with Crippen LogP contribution in [0.25, 0.3) is 0 Å². The molecule has 2 N–H and O–H groups in total. The lowest BCUT2D eigenvalue weighted by molar-refractivity contribution is 0.149. The topological polar surface area (TPSA) is 41.5 Å². The van der Waals surface area contributed by atoms with Crippen molar-refractivity contribution in [3.8, 4) is 5.75 Å². The number of hydrogen-bond donors (Lipinski definition) is 2. The summed E-state index contributed by atoms with van der Waals surface area (Å²) in [7, 11) is 0. The van der Waals surface area contributed by atoms with Crippen LogP contribution >= 0.6 is 0 Å². The van der Waals surface area contributed by atoms with Crippen molar-refractivity contribution in [2.75, 3.05) is 13.2 Å². The average Bonchev–Trinajstić information content (AvgIpc) is 2.83. The summed E-state index contributed by atoms with van der Waals surface area (Å²) in [5, 5.41) is 13.4. The highest BCUT2D eigenvalue weighted by molar-refractivity contribution is 5.66. The highest BCUT2D eigenvalue weighted by atomic mass is 16.5. The largest absolute Gasteiger partial charge is 0.484 e. The van der Waals surface area contributed by atoms with E-state index < -0.39 is 0 Å². The molecule has 1 aromatic carbocycles. The van der Waals surface area contributed by atoms with Crippen LogP contribution < -0.4 is 10.1 Å². The van der Waals surface area contributed by atoms with Gasteiger partial charge in [0.2, 0.25) is 0 Å². The van der Waals surface area contributed by atoms with Gasteiger partial charge in [-0.25, -0.2) is 0 Å². The fraction of sp³-hybridized carbons (Fsp3) is 0.444. The maximum absolute atomic E-state index is 9.76. The molecule has 0 amide bonds. The number of ether oxygens (including phenoxy) is 1. The Morgan fingerprint density at radius 3 is 3.14 bits per heavy atom. The van der Waals surface area contributed by atoms with Gasteiger partial charge in [-0.1, -0.05) is 24.3 Å². The molecule has 2 aliphatic heterocycles. The second-order valence-corrected chi connectivity index (χ2v) is 6.70. The van der Waals surface area contributed by atoms with Crippen molar-refractivity contribution >= 4 is 0 Å². The number of aryl methyl sites for hydroxylation is 1. The van der Waals surface area contributed by atoms with Crippen LogP contribution in [0.2, 0.25) is 0 Å². The SMILES string of the molecule is Cc1ccc2c3c1OC1C(CO)=CC=C4[C@H](C2)NCCC431. The normalized spacial score (nSPS) is 34.8. The molecule has 4 aliphatic rings. The first-order chi connectivity index (χ1) is 10.3. The highest BCUT2D eigenvalue weighted by Crippen LogP contribution is 2.59. The van der Waals surface area contributed by atoms with Gasteiger partial charge >= 0.3 is 0 Å². The molecule has 3 atom stereocenters. The van der Waals surface area contributed by atoms with Gasteiger partial charge in [0.05, 0.1) is 12.0 Å². The number of rotatable bonds is 1. The third-order valence-electron chi connectivity index (χ3n) is 5.79. The number of aliphatic hydroxyl groups excluding tert-OH is 1. The second kappa shape index (κ2) is 3.79. The Bertz CT molecular complexity index is 718. The van der Waals surface area contributed by atoms with Crippen LogP contribution in [0.15, 0.2) is 35.4 Å². The molecular formula is C18H19NO2. The number of piperidine rings is 1. The number of aliphatic hydroxyl groups is 1. The lowest BCUT2D eigenvalue weighted by atomic mass is 9.57. The van der Waals surface area contributed by atoms with Gasteiger partial charge in [-0.15, -0.1) is 0 Å². The van der Waals surface area contributed by atoms with Gasteiger partial charge in [-0.3, -0.25) is 0 Å². The lowest BCUT2D eigenvalue weighted by Crippen LogP contribution is -2.58. The van der Waals surface area contributed by atoms with Gasteiger partial charge in [0.15, 0.2) is 0 Å². The Hall–Kier alpha value is -1.58. The molecule has 0 radical (unpaired) electrons. The van der Waals surface area contributed by atoms with Gasteiger partial charge in [-0.2, -0.15) is 0 Å². The third kappa shape index (κ3) is 1.23. The number of allylic oxidation sites excluding steroid dienone is 2. The molecule has 3 heteroatoms. The van der Waals surface area contributed by atoms with E-state index in [1.54, 1.807) is 0 Å². The van der Waals surface area contributed by atoms with E-state index in [2.05, 4.69) is 36.5 Å². The minimum atomic E-state index is -0.0301. The monoisotopic (exact) mass is 281 g/mol. The fourth-order valence-electron chi connectivity index (χ4n) is 4.93. The maximum Gasteiger partial charge on any atom is 0.136 e. The minimum absolute atomic E-state index is 0.0118. The molecule has 2 heterocycles. The van der Waals surface area contributed by atoms with E-state index in [9.17, 15) is 5.11 Å². The van der Waals surface area contributed by atoms with Crippen molar-refractivity contribution in [3.63, 3.8) is 0 Å². The molecule has 1 saturated heterocycles. The number of nitrogens with one attached hydrogen (secondary N) is 1. The average molecular weight is 281 g/mol. The Morgan fingerprint density at radius 2 is 2.29 bits per heavy atom. The van der Waals surface area contributed by atoms with E-state index in [1.807, 2.05) is 0 Å². The summed E-state index contributed by atoms with van der Waals surface area (Å²) in [6.07, 6.45) is 6.41. The predicted octanol–water partition coefficient (Wildman–Crippen LogP) is 1.77. The van der Waals surface area contributed by atoms with Gasteiger partial charge < -0.3 is 15.2 Å². The molecule has 1 spiro atoms. The van der Waals surface area contributed by atoms with Gasteiger partial charge in [-0.05, 0) is 48.6 Å². The van der Waals surface area contributed by atoms with Crippen LogP contribution in [0, 0.1) is 6.92 Å². The van der Waals surface area contributed by atoms with Crippen molar-refractivity contribution < 1.29 is 9.84 Å². The van der Waals surface area contributed by atoms with Crippen LogP contribution in [0.1, 0.15) is 23.1 Å². The molecule has 2 aliphatic carbocycles. The summed E-state index contributed by atoms with van der Waals surface area (Å²) in [5.74, 6) is 1.07. The first-order valence-corrected chi connectivity index (χ1v) is 7.80. The molecule has 108 valence electrons. The second-order valence-electron chi connectivity index (χ2n) is 6.70. The van der Waals surface area contributed by atoms with Gasteiger partial charge in [0, 0.05) is 11.6 Å². The van der Waals surface area contributed by atoms with Crippen LogP contribution in [0.4, 0.5) is 0 Å². The molecule has 2 unspecified atom stereocenters. The molecule has 5 rings (SSSR count). The zero-order valence-electron chi connectivity index (χ0n) is 12.1. The zero-order chi connectivity index (χ0) is 14.2.